The molecule has 0 aliphatic carbocycles. The summed E-state index contributed by atoms with van der Waals surface area (Å²) in [5, 5.41) is 23.8. The van der Waals surface area contributed by atoms with Crippen molar-refractivity contribution in [3.8, 4) is 17.8 Å². The molecule has 0 aliphatic rings. The fourth-order valence-electron chi connectivity index (χ4n) is 2.91. The van der Waals surface area contributed by atoms with Crippen molar-refractivity contribution in [2.24, 2.45) is 10.7 Å². The van der Waals surface area contributed by atoms with E-state index in [-0.39, 0.29) is 5.57 Å². The van der Waals surface area contributed by atoms with Gasteiger partial charge in [0.25, 0.3) is 0 Å². The summed E-state index contributed by atoms with van der Waals surface area (Å²) in [6.07, 6.45) is 3.12. The average molecular weight is 380 g/mol. The molecule has 142 valence electrons. The van der Waals surface area contributed by atoms with Crippen LogP contribution in [0.4, 0.5) is 5.69 Å². The number of nitrogens with zero attached hydrogens (tertiary/aromatic N) is 5. The van der Waals surface area contributed by atoms with Gasteiger partial charge in [-0.15, -0.1) is 0 Å². The maximum Gasteiger partial charge on any atom is 0.103 e. The summed E-state index contributed by atoms with van der Waals surface area (Å²) in [5.41, 5.74) is 8.52. The van der Waals surface area contributed by atoms with Crippen molar-refractivity contribution in [3.05, 3.63) is 89.4 Å². The first-order chi connectivity index (χ1) is 14.0. The van der Waals surface area contributed by atoms with Gasteiger partial charge in [-0.3, -0.25) is 4.99 Å². The third kappa shape index (κ3) is 4.07. The van der Waals surface area contributed by atoms with E-state index in [0.29, 0.717) is 17.0 Å². The lowest BCUT2D eigenvalue weighted by molar-refractivity contribution is 0.581. The summed E-state index contributed by atoms with van der Waals surface area (Å²) in [5.74, 6) is 0. The number of benzene rings is 2. The van der Waals surface area contributed by atoms with E-state index in [9.17, 15) is 10.5 Å². The summed E-state index contributed by atoms with van der Waals surface area (Å²) in [7, 11) is 0. The fraction of sp³-hybridized carbons (Fsp3) is 0.130. The minimum absolute atomic E-state index is 0.233. The second-order valence-electron chi connectivity index (χ2n) is 6.94. The number of para-hydroxylation sites is 2. The number of nitrogens with two attached hydrogens (primary N) is 1. The fourth-order valence-corrected chi connectivity index (χ4v) is 2.91. The number of aromatic nitrogens is 2. The van der Waals surface area contributed by atoms with Crippen LogP contribution in [0.25, 0.3) is 5.69 Å². The third-order valence-electron chi connectivity index (χ3n) is 4.63. The van der Waals surface area contributed by atoms with Crippen LogP contribution < -0.4 is 5.73 Å². The lowest BCUT2D eigenvalue weighted by Crippen LogP contribution is -2.29. The maximum atomic E-state index is 9.62. The van der Waals surface area contributed by atoms with Gasteiger partial charge in [-0.25, -0.2) is 4.68 Å². The van der Waals surface area contributed by atoms with E-state index in [1.807, 2.05) is 74.5 Å². The summed E-state index contributed by atoms with van der Waals surface area (Å²) < 4.78 is 1.65. The number of nitriles is 2. The molecule has 1 aromatic heterocycles. The normalized spacial score (nSPS) is 12.3. The van der Waals surface area contributed by atoms with Gasteiger partial charge in [-0.2, -0.15) is 15.6 Å². The summed E-state index contributed by atoms with van der Waals surface area (Å²) in [6.45, 7) is 3.68. The Morgan fingerprint density at radius 2 is 1.69 bits per heavy atom. The lowest BCUT2D eigenvalue weighted by Gasteiger charge is -2.24. The van der Waals surface area contributed by atoms with Gasteiger partial charge < -0.3 is 5.73 Å². The predicted molar refractivity (Wildman–Crippen MR) is 113 cm³/mol. The van der Waals surface area contributed by atoms with Crippen molar-refractivity contribution < 1.29 is 0 Å². The molecule has 0 saturated heterocycles. The first kappa shape index (κ1) is 19.6. The number of hydrogen-bond donors (Lipinski definition) is 1. The highest BCUT2D eigenvalue weighted by molar-refractivity contribution is 5.87. The quantitative estimate of drug-likeness (QED) is 0.530. The molecule has 0 unspecified atom stereocenters. The Labute approximate surface area is 169 Å². The molecule has 29 heavy (non-hydrogen) atoms. The molecule has 6 nitrogen and oxygen atoms in total. The van der Waals surface area contributed by atoms with E-state index in [2.05, 4.69) is 22.2 Å². The molecule has 1 heterocycles. The lowest BCUT2D eigenvalue weighted by atomic mass is 9.82. The van der Waals surface area contributed by atoms with Gasteiger partial charge in [-0.1, -0.05) is 36.4 Å². The molecule has 3 aromatic rings. The van der Waals surface area contributed by atoms with Crippen LogP contribution in [0.2, 0.25) is 0 Å². The summed E-state index contributed by atoms with van der Waals surface area (Å²) >= 11 is 0. The molecular weight excluding hydrogens is 360 g/mol. The molecular formula is C23H20N6. The van der Waals surface area contributed by atoms with Crippen LogP contribution in [0, 0.1) is 22.7 Å². The molecule has 0 spiro atoms. The van der Waals surface area contributed by atoms with Crippen LogP contribution in [0.15, 0.2) is 83.1 Å². The molecule has 0 radical (unpaired) electrons. The number of hydrogen-bond acceptors (Lipinski definition) is 5. The predicted octanol–water partition coefficient (Wildman–Crippen LogP) is 4.16. The topological polar surface area (TPSA) is 104 Å². The van der Waals surface area contributed by atoms with Crippen molar-refractivity contribution in [1.29, 1.82) is 10.5 Å². The SMILES string of the molecule is CC(C)(/C(N)=C(\C#N)C=Nc1ccccc1)c1nn(-c2ccccc2)cc1C#N. The molecule has 6 heteroatoms. The van der Waals surface area contributed by atoms with Crippen LogP contribution in [0.1, 0.15) is 25.1 Å². The van der Waals surface area contributed by atoms with Crippen LogP contribution in [0.5, 0.6) is 0 Å². The van der Waals surface area contributed by atoms with E-state index < -0.39 is 5.41 Å². The zero-order valence-electron chi connectivity index (χ0n) is 16.2. The molecule has 0 amide bonds. The van der Waals surface area contributed by atoms with E-state index in [4.69, 9.17) is 5.73 Å². The van der Waals surface area contributed by atoms with Crippen LogP contribution in [-0.4, -0.2) is 16.0 Å². The molecule has 0 atom stereocenters. The second-order valence-corrected chi connectivity index (χ2v) is 6.94. The van der Waals surface area contributed by atoms with E-state index in [1.165, 1.54) is 6.21 Å². The number of aliphatic imine (C=N–C) groups is 1. The Kier molecular flexibility index (Phi) is 5.57. The average Bonchev–Trinajstić information content (AvgIpc) is 3.21. The van der Waals surface area contributed by atoms with Crippen molar-refractivity contribution in [1.82, 2.24) is 9.78 Å². The highest BCUT2D eigenvalue weighted by atomic mass is 15.3. The van der Waals surface area contributed by atoms with Gasteiger partial charge in [0.05, 0.1) is 33.6 Å². The molecule has 0 bridgehead atoms. The van der Waals surface area contributed by atoms with Gasteiger partial charge in [0, 0.05) is 18.1 Å². The van der Waals surface area contributed by atoms with Gasteiger partial charge in [-0.05, 0) is 38.1 Å². The maximum absolute atomic E-state index is 9.62. The minimum Gasteiger partial charge on any atom is -0.400 e. The van der Waals surface area contributed by atoms with Crippen LogP contribution >= 0.6 is 0 Å². The Morgan fingerprint density at radius 3 is 2.28 bits per heavy atom. The smallest absolute Gasteiger partial charge is 0.103 e. The van der Waals surface area contributed by atoms with Gasteiger partial charge >= 0.3 is 0 Å². The molecule has 0 aliphatic heterocycles. The monoisotopic (exact) mass is 380 g/mol. The molecule has 2 N–H and O–H groups in total. The minimum atomic E-state index is -0.848. The largest absolute Gasteiger partial charge is 0.400 e. The van der Waals surface area contributed by atoms with Crippen molar-refractivity contribution in [2.75, 3.05) is 0 Å². The van der Waals surface area contributed by atoms with E-state index in [1.54, 1.807) is 10.9 Å². The van der Waals surface area contributed by atoms with Gasteiger partial charge in [0.1, 0.15) is 12.1 Å². The Balaban J connectivity index is 2.04. The zero-order valence-corrected chi connectivity index (χ0v) is 16.2. The Morgan fingerprint density at radius 1 is 1.07 bits per heavy atom. The van der Waals surface area contributed by atoms with Crippen molar-refractivity contribution >= 4 is 11.9 Å². The zero-order chi connectivity index (χ0) is 20.9. The summed E-state index contributed by atoms with van der Waals surface area (Å²) in [6, 6.07) is 23.1. The first-order valence-electron chi connectivity index (χ1n) is 9.02. The van der Waals surface area contributed by atoms with Crippen molar-refractivity contribution in [2.45, 2.75) is 19.3 Å². The molecule has 0 saturated carbocycles. The number of rotatable bonds is 5. The first-order valence-corrected chi connectivity index (χ1v) is 9.02. The Hall–Kier alpha value is -4.16. The van der Waals surface area contributed by atoms with E-state index in [0.717, 1.165) is 11.4 Å². The van der Waals surface area contributed by atoms with Crippen LogP contribution in [-0.2, 0) is 5.41 Å². The number of allylic oxidation sites excluding steroid dienone is 2. The second kappa shape index (κ2) is 8.24. The highest BCUT2D eigenvalue weighted by Gasteiger charge is 2.32. The third-order valence-corrected chi connectivity index (χ3v) is 4.63. The van der Waals surface area contributed by atoms with E-state index >= 15 is 0 Å². The summed E-state index contributed by atoms with van der Waals surface area (Å²) in [4.78, 5) is 4.33. The Bertz CT molecular complexity index is 1140. The highest BCUT2D eigenvalue weighted by Crippen LogP contribution is 2.32. The standard InChI is InChI=1S/C23H20N6/c1-23(2,21(26)17(13-24)15-27-19-9-5-3-6-10-19)22-18(14-25)16-29(28-22)20-11-7-4-8-12-20/h3-12,15-16H,26H2,1-2H3/b21-17-,27-15?. The molecule has 2 aromatic carbocycles. The molecule has 3 rings (SSSR count). The van der Waals surface area contributed by atoms with Crippen molar-refractivity contribution in [3.63, 3.8) is 0 Å². The van der Waals surface area contributed by atoms with Gasteiger partial charge in [0.2, 0.25) is 0 Å². The molecule has 0 fully saturated rings. The van der Waals surface area contributed by atoms with Gasteiger partial charge in [0.15, 0.2) is 0 Å². The van der Waals surface area contributed by atoms with Crippen LogP contribution in [0.3, 0.4) is 0 Å².